The molecule has 6 nitrogen and oxygen atoms in total. The van der Waals surface area contributed by atoms with Gasteiger partial charge in [0.05, 0.1) is 11.0 Å². The number of imidazole rings is 1. The molecule has 1 aromatic carbocycles. The highest BCUT2D eigenvalue weighted by molar-refractivity contribution is 5.83. The zero-order valence-electron chi connectivity index (χ0n) is 12.0. The van der Waals surface area contributed by atoms with E-state index in [1.54, 1.807) is 35.6 Å². The number of carbonyl (C=O) groups excluding carboxylic acids is 1. The molecule has 108 valence electrons. The first-order valence-electron chi connectivity index (χ1n) is 6.61. The summed E-state index contributed by atoms with van der Waals surface area (Å²) >= 11 is 0. The summed E-state index contributed by atoms with van der Waals surface area (Å²) in [6, 6.07) is 5.33. The summed E-state index contributed by atoms with van der Waals surface area (Å²) in [7, 11) is 1.75. The van der Waals surface area contributed by atoms with Gasteiger partial charge in [0.25, 0.3) is 0 Å². The number of aromatic nitrogens is 2. The van der Waals surface area contributed by atoms with Crippen LogP contribution in [0.4, 0.5) is 5.69 Å². The molecule has 0 bridgehead atoms. The molecule has 0 aliphatic carbocycles. The maximum absolute atomic E-state index is 12.1. The lowest BCUT2D eigenvalue weighted by Crippen LogP contribution is -2.30. The smallest absolute Gasteiger partial charge is 0.242 e. The molecule has 0 radical (unpaired) electrons. The molecule has 2 rings (SSSR count). The number of likely N-dealkylation sites (N-methyl/N-ethyl adjacent to an activating group) is 1. The maximum Gasteiger partial charge on any atom is 0.242 e. The number of aliphatic hydroxyl groups is 1. The second kappa shape index (κ2) is 5.50. The molecule has 0 saturated heterocycles. The fourth-order valence-electron chi connectivity index (χ4n) is 2.08. The van der Waals surface area contributed by atoms with Crippen LogP contribution in [-0.4, -0.2) is 39.1 Å². The van der Waals surface area contributed by atoms with Crippen LogP contribution in [-0.2, 0) is 11.3 Å². The third-order valence-corrected chi connectivity index (χ3v) is 3.37. The Bertz CT molecular complexity index is 633. The molecule has 0 aliphatic heterocycles. The molecule has 0 aliphatic rings. The van der Waals surface area contributed by atoms with Gasteiger partial charge >= 0.3 is 0 Å². The first-order chi connectivity index (χ1) is 9.43. The van der Waals surface area contributed by atoms with Crippen molar-refractivity contribution in [2.45, 2.75) is 26.5 Å². The molecule has 1 atom stereocenters. The summed E-state index contributed by atoms with van der Waals surface area (Å²) in [5, 5.41) is 9.84. The van der Waals surface area contributed by atoms with E-state index in [4.69, 9.17) is 5.73 Å². The largest absolute Gasteiger partial charge is 0.399 e. The Kier molecular flexibility index (Phi) is 3.94. The van der Waals surface area contributed by atoms with Crippen molar-refractivity contribution in [2.75, 3.05) is 19.3 Å². The second-order valence-electron chi connectivity index (χ2n) is 4.89. The number of amides is 1. The second-order valence-corrected chi connectivity index (χ2v) is 4.89. The number of carbonyl (C=O) groups is 1. The van der Waals surface area contributed by atoms with Gasteiger partial charge in [-0.2, -0.15) is 0 Å². The van der Waals surface area contributed by atoms with Crippen LogP contribution in [0.1, 0.15) is 25.8 Å². The number of nitrogen functional groups attached to an aromatic ring is 1. The normalized spacial score (nSPS) is 12.6. The van der Waals surface area contributed by atoms with Crippen LogP contribution in [0, 0.1) is 0 Å². The van der Waals surface area contributed by atoms with Crippen LogP contribution < -0.4 is 5.73 Å². The standard InChI is InChI=1S/C14H20N4O2/c1-4-17(3)13(20)8-18-12-6-5-10(15)7-11(12)16-14(18)9(2)19/h5-7,9,19H,4,8,15H2,1-3H3. The molecule has 2 aromatic rings. The number of nitrogens with zero attached hydrogens (tertiary/aromatic N) is 3. The highest BCUT2D eigenvalue weighted by Crippen LogP contribution is 2.22. The molecule has 1 aromatic heterocycles. The Hall–Kier alpha value is -2.08. The minimum absolute atomic E-state index is 0.0227. The van der Waals surface area contributed by atoms with Crippen molar-refractivity contribution in [3.05, 3.63) is 24.0 Å². The molecular formula is C14H20N4O2. The van der Waals surface area contributed by atoms with Crippen molar-refractivity contribution in [1.82, 2.24) is 14.5 Å². The quantitative estimate of drug-likeness (QED) is 0.820. The van der Waals surface area contributed by atoms with E-state index < -0.39 is 6.10 Å². The third-order valence-electron chi connectivity index (χ3n) is 3.37. The molecule has 20 heavy (non-hydrogen) atoms. The minimum Gasteiger partial charge on any atom is -0.399 e. The van der Waals surface area contributed by atoms with Gasteiger partial charge in [-0.05, 0) is 32.0 Å². The van der Waals surface area contributed by atoms with Crippen molar-refractivity contribution in [2.24, 2.45) is 0 Å². The van der Waals surface area contributed by atoms with E-state index in [2.05, 4.69) is 4.98 Å². The number of fused-ring (bicyclic) bond motifs is 1. The Labute approximate surface area is 117 Å². The molecule has 6 heteroatoms. The van der Waals surface area contributed by atoms with E-state index in [1.807, 2.05) is 13.0 Å². The Morgan fingerprint density at radius 3 is 2.85 bits per heavy atom. The van der Waals surface area contributed by atoms with Gasteiger partial charge in [-0.1, -0.05) is 0 Å². The van der Waals surface area contributed by atoms with E-state index in [9.17, 15) is 9.90 Å². The van der Waals surface area contributed by atoms with Gasteiger partial charge in [-0.25, -0.2) is 4.98 Å². The lowest BCUT2D eigenvalue weighted by Gasteiger charge is -2.17. The molecule has 3 N–H and O–H groups in total. The predicted molar refractivity (Wildman–Crippen MR) is 78.1 cm³/mol. The summed E-state index contributed by atoms with van der Waals surface area (Å²) < 4.78 is 1.74. The molecule has 1 unspecified atom stereocenters. The van der Waals surface area contributed by atoms with Crippen LogP contribution in [0.25, 0.3) is 11.0 Å². The van der Waals surface area contributed by atoms with Crippen molar-refractivity contribution in [3.8, 4) is 0 Å². The fourth-order valence-corrected chi connectivity index (χ4v) is 2.08. The average Bonchev–Trinajstić information content (AvgIpc) is 2.75. The van der Waals surface area contributed by atoms with E-state index in [-0.39, 0.29) is 12.5 Å². The highest BCUT2D eigenvalue weighted by Gasteiger charge is 2.18. The first-order valence-corrected chi connectivity index (χ1v) is 6.61. The Balaban J connectivity index is 2.49. The van der Waals surface area contributed by atoms with Crippen molar-refractivity contribution < 1.29 is 9.90 Å². The predicted octanol–water partition coefficient (Wildman–Crippen LogP) is 1.15. The Morgan fingerprint density at radius 2 is 2.25 bits per heavy atom. The van der Waals surface area contributed by atoms with E-state index in [0.29, 0.717) is 23.6 Å². The molecule has 1 amide bonds. The van der Waals surface area contributed by atoms with Crippen molar-refractivity contribution in [3.63, 3.8) is 0 Å². The third kappa shape index (κ3) is 2.60. The summed E-state index contributed by atoms with van der Waals surface area (Å²) in [6.45, 7) is 4.35. The van der Waals surface area contributed by atoms with Crippen LogP contribution >= 0.6 is 0 Å². The van der Waals surface area contributed by atoms with Crippen LogP contribution in [0.15, 0.2) is 18.2 Å². The first kappa shape index (κ1) is 14.3. The van der Waals surface area contributed by atoms with E-state index in [0.717, 1.165) is 5.52 Å². The van der Waals surface area contributed by atoms with E-state index >= 15 is 0 Å². The van der Waals surface area contributed by atoms with Crippen molar-refractivity contribution in [1.29, 1.82) is 0 Å². The molecule has 0 fully saturated rings. The summed E-state index contributed by atoms with van der Waals surface area (Å²) in [6.07, 6.45) is -0.747. The summed E-state index contributed by atoms with van der Waals surface area (Å²) in [4.78, 5) is 18.1. The average molecular weight is 276 g/mol. The highest BCUT2D eigenvalue weighted by atomic mass is 16.3. The SMILES string of the molecule is CCN(C)C(=O)Cn1c(C(C)O)nc2cc(N)ccc21. The number of aliphatic hydroxyl groups excluding tert-OH is 1. The lowest BCUT2D eigenvalue weighted by atomic mass is 10.3. The minimum atomic E-state index is -0.747. The topological polar surface area (TPSA) is 84.4 Å². The van der Waals surface area contributed by atoms with Gasteiger partial charge in [-0.15, -0.1) is 0 Å². The molecular weight excluding hydrogens is 256 g/mol. The summed E-state index contributed by atoms with van der Waals surface area (Å²) in [5.74, 6) is 0.453. The van der Waals surface area contributed by atoms with Gasteiger partial charge in [0.1, 0.15) is 18.5 Å². The van der Waals surface area contributed by atoms with Crippen molar-refractivity contribution >= 4 is 22.6 Å². The molecule has 0 saturated carbocycles. The lowest BCUT2D eigenvalue weighted by molar-refractivity contribution is -0.130. The van der Waals surface area contributed by atoms with Gasteiger partial charge in [0.2, 0.25) is 5.91 Å². The van der Waals surface area contributed by atoms with Crippen LogP contribution in [0.3, 0.4) is 0 Å². The van der Waals surface area contributed by atoms with Crippen LogP contribution in [0.5, 0.6) is 0 Å². The van der Waals surface area contributed by atoms with Gasteiger partial charge < -0.3 is 20.3 Å². The van der Waals surface area contributed by atoms with Gasteiger partial charge in [0.15, 0.2) is 0 Å². The van der Waals surface area contributed by atoms with E-state index in [1.165, 1.54) is 0 Å². The number of hydrogen-bond acceptors (Lipinski definition) is 4. The number of nitrogens with two attached hydrogens (primary N) is 1. The number of hydrogen-bond donors (Lipinski definition) is 2. The number of rotatable bonds is 4. The monoisotopic (exact) mass is 276 g/mol. The number of anilines is 1. The molecule has 1 heterocycles. The summed E-state index contributed by atoms with van der Waals surface area (Å²) in [5.41, 5.74) is 7.84. The van der Waals surface area contributed by atoms with Gasteiger partial charge in [-0.3, -0.25) is 4.79 Å². The molecule has 0 spiro atoms. The fraction of sp³-hybridized carbons (Fsp3) is 0.429. The van der Waals surface area contributed by atoms with Crippen LogP contribution in [0.2, 0.25) is 0 Å². The zero-order chi connectivity index (χ0) is 14.9. The Morgan fingerprint density at radius 1 is 1.55 bits per heavy atom. The maximum atomic E-state index is 12.1. The zero-order valence-corrected chi connectivity index (χ0v) is 12.0. The van der Waals surface area contributed by atoms with Gasteiger partial charge in [0, 0.05) is 19.3 Å². The number of benzene rings is 1.